The molecule has 2 aliphatic rings. The van der Waals surface area contributed by atoms with Crippen LogP contribution >= 0.6 is 48.0 Å². The maximum atomic E-state index is 12.0. The van der Waals surface area contributed by atoms with E-state index in [0.29, 0.717) is 40.1 Å². The molecule has 0 aliphatic heterocycles. The number of benzene rings is 4. The summed E-state index contributed by atoms with van der Waals surface area (Å²) in [5, 5.41) is 13.2. The lowest BCUT2D eigenvalue weighted by Crippen LogP contribution is -2.40. The van der Waals surface area contributed by atoms with Crippen LogP contribution < -0.4 is 21.7 Å². The van der Waals surface area contributed by atoms with Crippen LogP contribution in [0.15, 0.2) is 122 Å². The standard InChI is InChI=1S/C31H37ClN6O2.C26H29ClN6.2ClH/c1-31(2,3)40-30(39)36-21-14-12-20(13-15-21)19-38(4)23-9-7-8-22(16-23)35-29-34-18-26(32)28(37-29)25-17-33-27-11-6-5-10-24(25)27;1-33(16-17-9-11-18(28)12-10-17)20-6-4-5-19(13-20)31-26-30-15-23(27)25(32-26)22-14-29-24-8-3-2-7-21(22)24;;/h5-6,10-15,17-18,22-23,33H,7-9,16,19H2,1-4H3,(H,36,39)(H,34,35,37);2-3,7-12,14-15,19-20,29H,4-6,13,16,28H2,1H3,(H,30,31,32);2*1H/t22-,23+;19-,20+;;/m11../s1. The molecule has 18 heteroatoms. The van der Waals surface area contributed by atoms with Crippen molar-refractivity contribution < 1.29 is 9.53 Å². The fourth-order valence-electron chi connectivity index (χ4n) is 10.1. The summed E-state index contributed by atoms with van der Waals surface area (Å²) < 4.78 is 5.34. The van der Waals surface area contributed by atoms with Crippen molar-refractivity contribution >= 4 is 99.2 Å². The van der Waals surface area contributed by atoms with Crippen molar-refractivity contribution in [1.82, 2.24) is 39.7 Å². The first-order valence-electron chi connectivity index (χ1n) is 25.3. The molecule has 4 aromatic carbocycles. The molecule has 2 fully saturated rings. The van der Waals surface area contributed by atoms with Crippen molar-refractivity contribution in [2.45, 2.75) is 115 Å². The minimum atomic E-state index is -0.529. The number of halogens is 4. The monoisotopic (exact) mass is 1090 g/mol. The molecule has 0 spiro atoms. The van der Waals surface area contributed by atoms with Gasteiger partial charge in [0.2, 0.25) is 11.9 Å². The van der Waals surface area contributed by atoms with Gasteiger partial charge in [-0.05, 0) is 134 Å². The summed E-state index contributed by atoms with van der Waals surface area (Å²) in [6.45, 7) is 7.29. The van der Waals surface area contributed by atoms with E-state index in [4.69, 9.17) is 43.6 Å². The van der Waals surface area contributed by atoms with Crippen molar-refractivity contribution in [3.8, 4) is 22.5 Å². The Bertz CT molecular complexity index is 3130. The third-order valence-corrected chi connectivity index (χ3v) is 14.4. The van der Waals surface area contributed by atoms with Crippen molar-refractivity contribution in [3.63, 3.8) is 0 Å². The average Bonchev–Trinajstić information content (AvgIpc) is 4.01. The highest BCUT2D eigenvalue weighted by Crippen LogP contribution is 2.35. The lowest BCUT2D eigenvalue weighted by Gasteiger charge is -2.35. The van der Waals surface area contributed by atoms with Crippen LogP contribution in [-0.4, -0.2) is 89.7 Å². The maximum absolute atomic E-state index is 12.0. The molecular formula is C57H68Cl4N12O2. The predicted molar refractivity (Wildman–Crippen MR) is 313 cm³/mol. The van der Waals surface area contributed by atoms with Crippen LogP contribution in [0.5, 0.6) is 0 Å². The number of hydrogen-bond acceptors (Lipinski definition) is 11. The smallest absolute Gasteiger partial charge is 0.412 e. The number of nitrogens with two attached hydrogens (primary N) is 1. The lowest BCUT2D eigenvalue weighted by atomic mass is 9.90. The number of fused-ring (bicyclic) bond motifs is 2. The van der Waals surface area contributed by atoms with Crippen molar-refractivity contribution in [2.24, 2.45) is 0 Å². The minimum absolute atomic E-state index is 0. The van der Waals surface area contributed by atoms with Gasteiger partial charge in [0, 0.05) is 94.0 Å². The molecule has 1 amide bonds. The molecule has 0 radical (unpaired) electrons. The number of hydrogen-bond donors (Lipinski definition) is 6. The van der Waals surface area contributed by atoms with E-state index < -0.39 is 11.7 Å². The molecule has 0 saturated heterocycles. The molecular weight excluding hydrogens is 1030 g/mol. The molecule has 4 atom stereocenters. The molecule has 0 unspecified atom stereocenters. The quantitative estimate of drug-likeness (QED) is 0.0606. The van der Waals surface area contributed by atoms with E-state index in [2.05, 4.69) is 102 Å². The third-order valence-electron chi connectivity index (χ3n) is 13.8. The summed E-state index contributed by atoms with van der Waals surface area (Å²) in [5.74, 6) is 1.23. The zero-order chi connectivity index (χ0) is 51.1. The first kappa shape index (κ1) is 56.6. The summed E-state index contributed by atoms with van der Waals surface area (Å²) in [6, 6.07) is 34.0. The normalized spacial score (nSPS) is 17.6. The first-order chi connectivity index (χ1) is 35.2. The molecule has 75 heavy (non-hydrogen) atoms. The Balaban J connectivity index is 0.000000216. The predicted octanol–water partition coefficient (Wildman–Crippen LogP) is 14.0. The number of aromatic nitrogens is 6. The van der Waals surface area contributed by atoms with E-state index in [1.165, 1.54) is 24.0 Å². The maximum Gasteiger partial charge on any atom is 0.412 e. The second-order valence-electron chi connectivity index (χ2n) is 20.5. The van der Waals surface area contributed by atoms with E-state index in [1.807, 2.05) is 87.8 Å². The summed E-state index contributed by atoms with van der Waals surface area (Å²) in [7, 11) is 4.38. The number of nitrogen functional groups attached to an aromatic ring is 1. The highest BCUT2D eigenvalue weighted by molar-refractivity contribution is 6.33. The van der Waals surface area contributed by atoms with Gasteiger partial charge in [0.15, 0.2) is 0 Å². The van der Waals surface area contributed by atoms with Gasteiger partial charge in [0.05, 0.1) is 33.8 Å². The lowest BCUT2D eigenvalue weighted by molar-refractivity contribution is 0.0636. The van der Waals surface area contributed by atoms with Gasteiger partial charge >= 0.3 is 6.09 Å². The van der Waals surface area contributed by atoms with Gasteiger partial charge in [-0.25, -0.2) is 24.7 Å². The molecule has 10 rings (SSSR count). The average molecular weight is 1100 g/mol. The number of carbonyl (C=O) groups excluding carboxylic acids is 1. The zero-order valence-electron chi connectivity index (χ0n) is 43.1. The Kier molecular flexibility index (Phi) is 19.3. The van der Waals surface area contributed by atoms with Crippen LogP contribution in [0.1, 0.15) is 83.3 Å². The molecule has 2 aliphatic carbocycles. The number of para-hydroxylation sites is 2. The number of rotatable bonds is 13. The molecule has 0 bridgehead atoms. The van der Waals surface area contributed by atoms with Gasteiger partial charge in [0.1, 0.15) is 5.60 Å². The van der Waals surface area contributed by atoms with Crippen LogP contribution in [-0.2, 0) is 17.8 Å². The molecule has 2 saturated carbocycles. The van der Waals surface area contributed by atoms with E-state index in [1.54, 1.807) is 12.4 Å². The van der Waals surface area contributed by atoms with Gasteiger partial charge in [-0.15, -0.1) is 24.8 Å². The number of ether oxygens (including phenoxy) is 1. The summed E-state index contributed by atoms with van der Waals surface area (Å²) in [6.07, 6.45) is 15.7. The van der Waals surface area contributed by atoms with E-state index in [0.717, 1.165) is 107 Å². The topological polar surface area (TPSA) is 178 Å². The molecule has 396 valence electrons. The fourth-order valence-corrected chi connectivity index (χ4v) is 10.5. The van der Waals surface area contributed by atoms with Crippen molar-refractivity contribution in [3.05, 3.63) is 143 Å². The highest BCUT2D eigenvalue weighted by atomic mass is 35.5. The SMILES string of the molecule is CN(Cc1ccc(N)cc1)[C@H]1CCC[C@@H](Nc2ncc(Cl)c(-c3c[nH]c4ccccc34)n2)C1.CN(Cc1ccc(NC(=O)OC(C)(C)C)cc1)[C@H]1CCC[C@@H](Nc2ncc(Cl)c(-c3c[nH]c4ccccc34)n2)C1.Cl.Cl. The molecule has 4 heterocycles. The van der Waals surface area contributed by atoms with Crippen molar-refractivity contribution in [2.75, 3.05) is 35.8 Å². The van der Waals surface area contributed by atoms with Crippen molar-refractivity contribution in [1.29, 1.82) is 0 Å². The second kappa shape index (κ2) is 25.6. The van der Waals surface area contributed by atoms with E-state index >= 15 is 0 Å². The van der Waals surface area contributed by atoms with Gasteiger partial charge in [0.25, 0.3) is 0 Å². The largest absolute Gasteiger partial charge is 0.444 e. The van der Waals surface area contributed by atoms with Gasteiger partial charge < -0.3 is 31.1 Å². The summed E-state index contributed by atoms with van der Waals surface area (Å²) in [4.78, 5) is 42.1. The first-order valence-corrected chi connectivity index (χ1v) is 26.0. The summed E-state index contributed by atoms with van der Waals surface area (Å²) in [5.41, 5.74) is 14.9. The van der Waals surface area contributed by atoms with Gasteiger partial charge in [-0.1, -0.05) is 83.9 Å². The number of H-pyrrole nitrogens is 2. The molecule has 7 N–H and O–H groups in total. The number of carbonyl (C=O) groups is 1. The Labute approximate surface area is 462 Å². The van der Waals surface area contributed by atoms with Crippen LogP contribution in [0, 0.1) is 0 Å². The van der Waals surface area contributed by atoms with E-state index in [-0.39, 0.29) is 30.9 Å². The van der Waals surface area contributed by atoms with E-state index in [9.17, 15) is 4.79 Å². The number of anilines is 4. The van der Waals surface area contributed by atoms with Gasteiger partial charge in [-0.3, -0.25) is 15.1 Å². The van der Waals surface area contributed by atoms with Crippen LogP contribution in [0.4, 0.5) is 28.1 Å². The Morgan fingerprint density at radius 2 is 1.11 bits per heavy atom. The fraction of sp³-hybridized carbons (Fsp3) is 0.351. The molecule has 4 aromatic heterocycles. The summed E-state index contributed by atoms with van der Waals surface area (Å²) >= 11 is 13.0. The number of amides is 1. The van der Waals surface area contributed by atoms with Crippen LogP contribution in [0.25, 0.3) is 44.3 Å². The third kappa shape index (κ3) is 14.8. The van der Waals surface area contributed by atoms with Gasteiger partial charge in [-0.2, -0.15) is 0 Å². The molecule has 14 nitrogen and oxygen atoms in total. The highest BCUT2D eigenvalue weighted by Gasteiger charge is 2.28. The Hall–Kier alpha value is -6.13. The minimum Gasteiger partial charge on any atom is -0.444 e. The number of nitrogens with one attached hydrogen (secondary N) is 5. The Morgan fingerprint density at radius 1 is 0.667 bits per heavy atom. The van der Waals surface area contributed by atoms with Crippen LogP contribution in [0.3, 0.4) is 0 Å². The Morgan fingerprint density at radius 3 is 1.56 bits per heavy atom. The second-order valence-corrected chi connectivity index (χ2v) is 21.3. The number of nitrogens with zero attached hydrogens (tertiary/aromatic N) is 6. The molecule has 8 aromatic rings. The van der Waals surface area contributed by atoms with Crippen LogP contribution in [0.2, 0.25) is 10.0 Å². The zero-order valence-corrected chi connectivity index (χ0v) is 46.2. The number of aromatic amines is 2.